The SMILES string of the molecule is COC1(c2cccc([P+](=O)[O-])c2)OOC12C1CC3CC(C1)CC2C3. The van der Waals surface area contributed by atoms with Crippen LogP contribution in [0.5, 0.6) is 0 Å². The summed E-state index contributed by atoms with van der Waals surface area (Å²) >= 11 is 0. The van der Waals surface area contributed by atoms with Gasteiger partial charge in [0.2, 0.25) is 0 Å². The quantitative estimate of drug-likeness (QED) is 0.620. The molecule has 4 bridgehead atoms. The van der Waals surface area contributed by atoms with Crippen LogP contribution in [0.25, 0.3) is 0 Å². The number of rotatable bonds is 3. The van der Waals surface area contributed by atoms with Crippen LogP contribution in [0.2, 0.25) is 0 Å². The second-order valence-electron chi connectivity index (χ2n) is 7.89. The Kier molecular flexibility index (Phi) is 3.27. The van der Waals surface area contributed by atoms with E-state index in [2.05, 4.69) is 0 Å². The average Bonchev–Trinajstić information content (AvgIpc) is 2.54. The highest BCUT2D eigenvalue weighted by Gasteiger charge is 2.76. The summed E-state index contributed by atoms with van der Waals surface area (Å²) in [5.74, 6) is 1.47. The number of hydrogen-bond acceptors (Lipinski definition) is 5. The minimum Gasteiger partial charge on any atom is -0.591 e. The number of methoxy groups -OCH3 is 1. The molecule has 2 atom stereocenters. The molecular weight excluding hydrogens is 327 g/mol. The number of benzene rings is 1. The van der Waals surface area contributed by atoms with Gasteiger partial charge >= 0.3 is 8.03 Å². The summed E-state index contributed by atoms with van der Waals surface area (Å²) in [7, 11) is -1.000. The third kappa shape index (κ3) is 1.75. The molecule has 0 aromatic heterocycles. The van der Waals surface area contributed by atoms with E-state index in [9.17, 15) is 9.46 Å². The molecule has 5 nitrogen and oxygen atoms in total. The summed E-state index contributed by atoms with van der Waals surface area (Å²) in [6, 6.07) is 6.91. The minimum atomic E-state index is -2.64. The van der Waals surface area contributed by atoms with Crippen molar-refractivity contribution in [1.29, 1.82) is 0 Å². The van der Waals surface area contributed by atoms with Crippen molar-refractivity contribution in [3.63, 3.8) is 0 Å². The molecule has 1 heterocycles. The fourth-order valence-corrected chi connectivity index (χ4v) is 6.63. The van der Waals surface area contributed by atoms with Crippen molar-refractivity contribution in [2.75, 3.05) is 7.11 Å². The van der Waals surface area contributed by atoms with Gasteiger partial charge in [-0.2, -0.15) is 4.89 Å². The standard InChI is InChI=1S/C18H21O5P/c1-21-18(13-3-2-4-16(10-13)24(19)20)17(22-23-18)14-6-11-5-12(8-14)9-15(17)7-11/h2-4,10-12,14-15H,5-9H2,1H3. The van der Waals surface area contributed by atoms with Gasteiger partial charge in [0.1, 0.15) is 0 Å². The van der Waals surface area contributed by atoms with Crippen molar-refractivity contribution in [2.24, 2.45) is 23.7 Å². The molecule has 4 saturated carbocycles. The highest BCUT2D eigenvalue weighted by atomic mass is 31.1. The Morgan fingerprint density at radius 3 is 2.29 bits per heavy atom. The molecule has 4 aliphatic carbocycles. The molecule has 0 amide bonds. The Morgan fingerprint density at radius 1 is 1.12 bits per heavy atom. The molecule has 0 N–H and O–H groups in total. The van der Waals surface area contributed by atoms with E-state index in [1.54, 1.807) is 25.3 Å². The molecule has 6 heteroatoms. The highest BCUT2D eigenvalue weighted by molar-refractivity contribution is 7.45. The van der Waals surface area contributed by atoms with Gasteiger partial charge in [0.05, 0.1) is 0 Å². The zero-order valence-electron chi connectivity index (χ0n) is 13.6. The highest BCUT2D eigenvalue weighted by Crippen LogP contribution is 2.69. The van der Waals surface area contributed by atoms with Gasteiger partial charge < -0.3 is 9.63 Å². The van der Waals surface area contributed by atoms with Crippen LogP contribution >= 0.6 is 8.03 Å². The van der Waals surface area contributed by atoms with Crippen molar-refractivity contribution in [1.82, 2.24) is 0 Å². The van der Waals surface area contributed by atoms with Gasteiger partial charge in [0.15, 0.2) is 10.9 Å². The first-order valence-electron chi connectivity index (χ1n) is 8.76. The zero-order valence-corrected chi connectivity index (χ0v) is 14.5. The maximum atomic E-state index is 11.4. The normalized spacial score (nSPS) is 46.2. The van der Waals surface area contributed by atoms with Crippen LogP contribution in [0.3, 0.4) is 0 Å². The van der Waals surface area contributed by atoms with Gasteiger partial charge in [-0.05, 0) is 61.8 Å². The van der Waals surface area contributed by atoms with Gasteiger partial charge in [-0.3, -0.25) is 0 Å². The topological polar surface area (TPSA) is 67.8 Å². The fourth-order valence-electron chi connectivity index (χ4n) is 6.18. The molecule has 5 fully saturated rings. The summed E-state index contributed by atoms with van der Waals surface area (Å²) in [4.78, 5) is 22.9. The number of ether oxygens (including phenoxy) is 1. The lowest BCUT2D eigenvalue weighted by atomic mass is 9.47. The third-order valence-corrected chi connectivity index (χ3v) is 7.59. The average molecular weight is 348 g/mol. The maximum absolute atomic E-state index is 11.4. The van der Waals surface area contributed by atoms with Crippen LogP contribution in [-0.4, -0.2) is 12.7 Å². The van der Waals surface area contributed by atoms with Crippen LogP contribution in [0.4, 0.5) is 0 Å². The van der Waals surface area contributed by atoms with Crippen molar-refractivity contribution in [3.8, 4) is 0 Å². The molecular formula is C18H21O5P. The van der Waals surface area contributed by atoms with Crippen LogP contribution in [0.15, 0.2) is 24.3 Å². The van der Waals surface area contributed by atoms with E-state index in [4.69, 9.17) is 14.5 Å². The predicted octanol–water partition coefficient (Wildman–Crippen LogP) is 2.37. The van der Waals surface area contributed by atoms with Crippen LogP contribution < -0.4 is 10.2 Å². The minimum absolute atomic E-state index is 0.286. The third-order valence-electron chi connectivity index (χ3n) is 6.89. The molecule has 2 unspecified atom stereocenters. The van der Waals surface area contributed by atoms with Crippen LogP contribution in [0.1, 0.15) is 37.7 Å². The summed E-state index contributed by atoms with van der Waals surface area (Å²) in [5, 5.41) is 0.286. The number of hydrogen-bond donors (Lipinski definition) is 0. The van der Waals surface area contributed by atoms with Gasteiger partial charge in [-0.1, -0.05) is 16.7 Å². The van der Waals surface area contributed by atoms with E-state index in [1.807, 2.05) is 6.07 Å². The fraction of sp³-hybridized carbons (Fsp3) is 0.667. The molecule has 24 heavy (non-hydrogen) atoms. The Hall–Kier alpha value is -0.840. The lowest BCUT2D eigenvalue weighted by molar-refractivity contribution is -0.645. The van der Waals surface area contributed by atoms with Gasteiger partial charge in [-0.25, -0.2) is 4.89 Å². The van der Waals surface area contributed by atoms with Gasteiger partial charge in [-0.15, -0.1) is 0 Å². The van der Waals surface area contributed by atoms with E-state index in [1.165, 1.54) is 6.42 Å². The first kappa shape index (κ1) is 15.4. The van der Waals surface area contributed by atoms with Crippen LogP contribution in [0, 0.1) is 23.7 Å². The maximum Gasteiger partial charge on any atom is 0.348 e. The Labute approximate surface area is 142 Å². The van der Waals surface area contributed by atoms with Gasteiger partial charge in [0, 0.05) is 18.7 Å². The molecule has 6 rings (SSSR count). The zero-order chi connectivity index (χ0) is 16.5. The summed E-state index contributed by atoms with van der Waals surface area (Å²) in [6.07, 6.45) is 6.01. The lowest BCUT2D eigenvalue weighted by Gasteiger charge is -2.68. The van der Waals surface area contributed by atoms with Crippen LogP contribution in [-0.2, 0) is 24.9 Å². The van der Waals surface area contributed by atoms with E-state index < -0.39 is 19.4 Å². The molecule has 1 aromatic carbocycles. The monoisotopic (exact) mass is 348 g/mol. The second kappa shape index (κ2) is 5.09. The largest absolute Gasteiger partial charge is 0.591 e. The van der Waals surface area contributed by atoms with Crippen molar-refractivity contribution < 1.29 is 24.0 Å². The molecule has 1 spiro atoms. The molecule has 0 radical (unpaired) electrons. The predicted molar refractivity (Wildman–Crippen MR) is 84.3 cm³/mol. The van der Waals surface area contributed by atoms with Crippen molar-refractivity contribution >= 4 is 13.3 Å². The molecule has 128 valence electrons. The molecule has 5 aliphatic rings. The van der Waals surface area contributed by atoms with E-state index in [0.717, 1.165) is 43.1 Å². The molecule has 1 aliphatic heterocycles. The Morgan fingerprint density at radius 2 is 1.79 bits per heavy atom. The summed E-state index contributed by atoms with van der Waals surface area (Å²) in [6.45, 7) is 0. The van der Waals surface area contributed by atoms with E-state index in [0.29, 0.717) is 11.8 Å². The molecule has 1 aromatic rings. The Bertz CT molecular complexity index is 672. The molecule has 1 saturated heterocycles. The first-order valence-corrected chi connectivity index (χ1v) is 9.93. The van der Waals surface area contributed by atoms with Crippen molar-refractivity contribution in [2.45, 2.75) is 43.5 Å². The first-order chi connectivity index (χ1) is 11.6. The smallest absolute Gasteiger partial charge is 0.348 e. The van der Waals surface area contributed by atoms with E-state index in [-0.39, 0.29) is 5.30 Å². The Balaban J connectivity index is 1.61. The second-order valence-corrected chi connectivity index (χ2v) is 8.92. The van der Waals surface area contributed by atoms with Crippen molar-refractivity contribution in [3.05, 3.63) is 29.8 Å². The van der Waals surface area contributed by atoms with Gasteiger partial charge in [0.25, 0.3) is 5.79 Å². The lowest BCUT2D eigenvalue weighted by Crippen LogP contribution is -2.76. The summed E-state index contributed by atoms with van der Waals surface area (Å²) in [5.41, 5.74) is 0.280. The summed E-state index contributed by atoms with van der Waals surface area (Å²) < 4.78 is 17.3. The van der Waals surface area contributed by atoms with E-state index >= 15 is 0 Å².